The van der Waals surface area contributed by atoms with Gasteiger partial charge in [0.25, 0.3) is 0 Å². The summed E-state index contributed by atoms with van der Waals surface area (Å²) in [5.74, 6) is -1.08. The molecule has 1 heterocycles. The highest BCUT2D eigenvalue weighted by atomic mass is 16.5. The largest absolute Gasteiger partial charge is 0.378 e. The monoisotopic (exact) mass is 649 g/mol. The Morgan fingerprint density at radius 3 is 2.17 bits per heavy atom. The molecule has 10 nitrogen and oxygen atoms in total. The molecule has 0 spiro atoms. The van der Waals surface area contributed by atoms with Gasteiger partial charge in [-0.25, -0.2) is 0 Å². The summed E-state index contributed by atoms with van der Waals surface area (Å²) in [7, 11) is 0. The molecular formula is C38H43N5O5. The van der Waals surface area contributed by atoms with Crippen LogP contribution in [-0.2, 0) is 43.1 Å². The van der Waals surface area contributed by atoms with E-state index in [0.717, 1.165) is 38.4 Å². The average molecular weight is 650 g/mol. The second-order valence-corrected chi connectivity index (χ2v) is 11.6. The maximum atomic E-state index is 14.0. The maximum Gasteiger partial charge on any atom is 0.243 e. The van der Waals surface area contributed by atoms with Crippen LogP contribution in [0.25, 0.3) is 21.7 Å². The van der Waals surface area contributed by atoms with Gasteiger partial charge in [-0.15, -0.1) is 0 Å². The summed E-state index contributed by atoms with van der Waals surface area (Å²) in [5.41, 5.74) is 9.01. The molecule has 250 valence electrons. The molecule has 2 atom stereocenters. The molecule has 0 aliphatic heterocycles. The topological polar surface area (TPSA) is 148 Å². The van der Waals surface area contributed by atoms with Gasteiger partial charge >= 0.3 is 0 Å². The van der Waals surface area contributed by atoms with Crippen molar-refractivity contribution >= 4 is 39.4 Å². The van der Waals surface area contributed by atoms with Crippen molar-refractivity contribution in [2.45, 2.75) is 31.3 Å². The molecule has 4 aromatic carbocycles. The first kappa shape index (κ1) is 34.3. The van der Waals surface area contributed by atoms with Crippen LogP contribution in [0.1, 0.15) is 16.7 Å². The summed E-state index contributed by atoms with van der Waals surface area (Å²) >= 11 is 0. The Morgan fingerprint density at radius 1 is 0.667 bits per heavy atom. The van der Waals surface area contributed by atoms with Gasteiger partial charge < -0.3 is 36.1 Å². The van der Waals surface area contributed by atoms with Gasteiger partial charge in [0.2, 0.25) is 17.7 Å². The third-order valence-corrected chi connectivity index (χ3v) is 8.08. The number of carbonyl (C=O) groups excluding carboxylic acids is 3. The second-order valence-electron chi connectivity index (χ2n) is 11.6. The Balaban J connectivity index is 1.30. The van der Waals surface area contributed by atoms with Crippen molar-refractivity contribution in [3.8, 4) is 0 Å². The fourth-order valence-corrected chi connectivity index (χ4v) is 5.70. The quantitative estimate of drug-likeness (QED) is 0.0920. The van der Waals surface area contributed by atoms with Crippen LogP contribution in [0.2, 0.25) is 0 Å². The van der Waals surface area contributed by atoms with Gasteiger partial charge in [-0.2, -0.15) is 0 Å². The first-order valence-corrected chi connectivity index (χ1v) is 16.3. The minimum atomic E-state index is -0.912. The van der Waals surface area contributed by atoms with Crippen LogP contribution >= 0.6 is 0 Å². The van der Waals surface area contributed by atoms with Crippen LogP contribution in [0, 0.1) is 0 Å². The third kappa shape index (κ3) is 9.74. The summed E-state index contributed by atoms with van der Waals surface area (Å²) in [6.45, 7) is 2.24. The molecule has 1 aromatic heterocycles. The number of benzene rings is 4. The fraction of sp³-hybridized carbons (Fsp3) is 0.289. The van der Waals surface area contributed by atoms with E-state index in [1.807, 2.05) is 103 Å². The van der Waals surface area contributed by atoms with Crippen molar-refractivity contribution in [2.75, 3.05) is 39.5 Å². The number of fused-ring (bicyclic) bond motifs is 2. The Hall–Kier alpha value is -5.03. The third-order valence-electron chi connectivity index (χ3n) is 8.08. The molecule has 0 bridgehead atoms. The highest BCUT2D eigenvalue weighted by Crippen LogP contribution is 2.20. The van der Waals surface area contributed by atoms with Crippen molar-refractivity contribution in [3.63, 3.8) is 0 Å². The van der Waals surface area contributed by atoms with Crippen molar-refractivity contribution in [3.05, 3.63) is 120 Å². The zero-order valence-electron chi connectivity index (χ0n) is 27.0. The van der Waals surface area contributed by atoms with Gasteiger partial charge in [-0.05, 0) is 33.5 Å². The molecule has 0 aliphatic carbocycles. The number of para-hydroxylation sites is 1. The van der Waals surface area contributed by atoms with Gasteiger partial charge in [-0.1, -0.05) is 91.0 Å². The van der Waals surface area contributed by atoms with E-state index in [4.69, 9.17) is 15.2 Å². The zero-order valence-corrected chi connectivity index (χ0v) is 27.0. The van der Waals surface area contributed by atoms with Gasteiger partial charge in [0, 0.05) is 43.0 Å². The molecule has 3 amide bonds. The minimum absolute atomic E-state index is 0.108. The van der Waals surface area contributed by atoms with E-state index in [1.54, 1.807) is 0 Å². The van der Waals surface area contributed by atoms with Gasteiger partial charge in [0.15, 0.2) is 0 Å². The van der Waals surface area contributed by atoms with E-state index in [0.29, 0.717) is 26.4 Å². The van der Waals surface area contributed by atoms with Crippen molar-refractivity contribution < 1.29 is 23.9 Å². The average Bonchev–Trinajstić information content (AvgIpc) is 3.52. The minimum Gasteiger partial charge on any atom is -0.378 e. The predicted octanol–water partition coefficient (Wildman–Crippen LogP) is 3.43. The van der Waals surface area contributed by atoms with Crippen LogP contribution in [0.15, 0.2) is 103 Å². The number of rotatable bonds is 18. The van der Waals surface area contributed by atoms with Crippen LogP contribution in [0.4, 0.5) is 0 Å². The van der Waals surface area contributed by atoms with E-state index < -0.39 is 18.0 Å². The molecule has 0 saturated carbocycles. The number of hydrogen-bond acceptors (Lipinski definition) is 6. The highest BCUT2D eigenvalue weighted by molar-refractivity contribution is 5.95. The molecule has 0 saturated heterocycles. The zero-order chi connectivity index (χ0) is 33.6. The molecule has 10 heteroatoms. The Bertz CT molecular complexity index is 1790. The fourth-order valence-electron chi connectivity index (χ4n) is 5.70. The van der Waals surface area contributed by atoms with Gasteiger partial charge in [0.1, 0.15) is 12.1 Å². The molecule has 6 N–H and O–H groups in total. The van der Waals surface area contributed by atoms with Crippen LogP contribution in [0.5, 0.6) is 0 Å². The van der Waals surface area contributed by atoms with E-state index in [2.05, 4.69) is 20.9 Å². The van der Waals surface area contributed by atoms with Gasteiger partial charge in [0.05, 0.1) is 32.8 Å². The molecule has 0 fully saturated rings. The smallest absolute Gasteiger partial charge is 0.243 e. The number of aromatic amines is 1. The molecule has 5 rings (SSSR count). The first-order chi connectivity index (χ1) is 23.5. The number of hydrogen-bond donors (Lipinski definition) is 5. The molecule has 0 radical (unpaired) electrons. The normalized spacial score (nSPS) is 12.4. The van der Waals surface area contributed by atoms with Crippen LogP contribution in [0.3, 0.4) is 0 Å². The van der Waals surface area contributed by atoms with Crippen LogP contribution in [-0.4, -0.2) is 74.3 Å². The van der Waals surface area contributed by atoms with Crippen molar-refractivity contribution in [1.82, 2.24) is 20.9 Å². The predicted molar refractivity (Wildman–Crippen MR) is 187 cm³/mol. The van der Waals surface area contributed by atoms with Crippen molar-refractivity contribution in [1.29, 1.82) is 0 Å². The number of ether oxygens (including phenoxy) is 2. The lowest BCUT2D eigenvalue weighted by atomic mass is 10.0. The van der Waals surface area contributed by atoms with E-state index in [1.165, 1.54) is 0 Å². The van der Waals surface area contributed by atoms with Crippen LogP contribution < -0.4 is 21.7 Å². The van der Waals surface area contributed by atoms with E-state index >= 15 is 0 Å². The summed E-state index contributed by atoms with van der Waals surface area (Å²) in [6.07, 6.45) is 2.47. The summed E-state index contributed by atoms with van der Waals surface area (Å²) < 4.78 is 10.9. The lowest BCUT2D eigenvalue weighted by Gasteiger charge is -2.23. The van der Waals surface area contributed by atoms with E-state index in [9.17, 15) is 14.4 Å². The number of aromatic nitrogens is 1. The molecule has 0 aliphatic rings. The molecule has 48 heavy (non-hydrogen) atoms. The Morgan fingerprint density at radius 2 is 1.35 bits per heavy atom. The first-order valence-electron chi connectivity index (χ1n) is 16.3. The lowest BCUT2D eigenvalue weighted by Crippen LogP contribution is -2.55. The number of H-pyrrole nitrogens is 1. The second kappa shape index (κ2) is 17.8. The number of amides is 3. The maximum absolute atomic E-state index is 14.0. The number of nitrogens with one attached hydrogen (secondary N) is 4. The highest BCUT2D eigenvalue weighted by Gasteiger charge is 2.28. The number of carbonyl (C=O) groups is 3. The summed E-state index contributed by atoms with van der Waals surface area (Å²) in [6, 6.07) is 29.2. The molecular weight excluding hydrogens is 606 g/mol. The lowest BCUT2D eigenvalue weighted by molar-refractivity contribution is -0.132. The Kier molecular flexibility index (Phi) is 12.7. The van der Waals surface area contributed by atoms with Gasteiger partial charge in [-0.3, -0.25) is 14.4 Å². The molecule has 5 aromatic rings. The number of nitrogens with two attached hydrogens (primary N) is 1. The molecule has 2 unspecified atom stereocenters. The standard InChI is InChI=1S/C38H43N5O5/c39-17-19-47-21-22-48-20-18-40-37(45)35(24-30-26-41-33-16-7-6-15-32(30)33)43-38(46)34(23-27-9-2-1-3-10-27)42-36(44)25-29-13-8-12-28-11-4-5-14-31(28)29/h1-16,26,34-35,41H,17-25,39H2,(H,40,45)(H,42,44)(H,43,46). The summed E-state index contributed by atoms with van der Waals surface area (Å²) in [4.78, 5) is 44.3. The SMILES string of the molecule is NCCOCCOCCNC(=O)C(Cc1c[nH]c2ccccc12)NC(=O)C(Cc1ccccc1)NC(=O)Cc1cccc2ccccc12. The summed E-state index contributed by atoms with van der Waals surface area (Å²) in [5, 5.41) is 11.8. The Labute approximate surface area is 280 Å². The van der Waals surface area contributed by atoms with Crippen molar-refractivity contribution in [2.24, 2.45) is 5.73 Å². The van der Waals surface area contributed by atoms with E-state index in [-0.39, 0.29) is 44.2 Å².